The summed E-state index contributed by atoms with van der Waals surface area (Å²) in [6.07, 6.45) is 0.998. The molecule has 0 aliphatic heterocycles. The van der Waals surface area contributed by atoms with Crippen LogP contribution in [0.5, 0.6) is 5.75 Å². The Hall–Kier alpha value is -1.46. The summed E-state index contributed by atoms with van der Waals surface area (Å²) in [6.45, 7) is 7.13. The van der Waals surface area contributed by atoms with Crippen LogP contribution in [0.2, 0.25) is 0 Å². The minimum atomic E-state index is 0.0652. The summed E-state index contributed by atoms with van der Waals surface area (Å²) in [7, 11) is 1.96. The number of rotatable bonds is 7. The van der Waals surface area contributed by atoms with Gasteiger partial charge in [-0.1, -0.05) is 43.5 Å². The molecule has 0 spiro atoms. The van der Waals surface area contributed by atoms with E-state index < -0.39 is 0 Å². The molecular weight excluding hydrogens is 282 g/mol. The molecule has 1 atom stereocenters. The van der Waals surface area contributed by atoms with E-state index in [0.717, 1.165) is 30.0 Å². The van der Waals surface area contributed by atoms with Crippen LogP contribution < -0.4 is 10.1 Å². The molecule has 4 nitrogen and oxygen atoms in total. The third-order valence-corrected chi connectivity index (χ3v) is 4.13. The number of benzene rings is 1. The molecule has 0 amide bonds. The van der Waals surface area contributed by atoms with Gasteiger partial charge < -0.3 is 10.1 Å². The molecule has 0 radical (unpaired) electrons. The third-order valence-electron chi connectivity index (χ3n) is 3.33. The molecule has 1 aromatic heterocycles. The van der Waals surface area contributed by atoms with E-state index in [1.165, 1.54) is 16.4 Å². The Bertz CT molecular complexity index is 568. The van der Waals surface area contributed by atoms with Gasteiger partial charge in [0.25, 0.3) is 0 Å². The molecule has 0 bridgehead atoms. The van der Waals surface area contributed by atoms with Crippen molar-refractivity contribution in [3.8, 4) is 5.75 Å². The van der Waals surface area contributed by atoms with Gasteiger partial charge in [0.2, 0.25) is 0 Å². The maximum Gasteiger partial charge on any atom is 0.124 e. The molecule has 1 N–H and O–H groups in total. The molecule has 5 heteroatoms. The van der Waals surface area contributed by atoms with E-state index in [2.05, 4.69) is 41.7 Å². The van der Waals surface area contributed by atoms with Crippen LogP contribution >= 0.6 is 11.5 Å². The normalized spacial score (nSPS) is 12.6. The summed E-state index contributed by atoms with van der Waals surface area (Å²) in [5, 5.41) is 7.67. The number of hydrogen-bond acceptors (Lipinski definition) is 5. The van der Waals surface area contributed by atoms with Crippen molar-refractivity contribution >= 4 is 11.5 Å². The molecule has 0 aliphatic rings. The van der Waals surface area contributed by atoms with Gasteiger partial charge in [0.15, 0.2) is 0 Å². The second-order valence-corrected chi connectivity index (χ2v) is 6.07. The predicted molar refractivity (Wildman–Crippen MR) is 87.1 cm³/mol. The first-order chi connectivity index (χ1) is 10.2. The minimum absolute atomic E-state index is 0.0652. The molecule has 0 saturated heterocycles. The molecule has 2 rings (SSSR count). The molecule has 0 aliphatic carbocycles. The van der Waals surface area contributed by atoms with Crippen LogP contribution in [0, 0.1) is 0 Å². The lowest BCUT2D eigenvalue weighted by Gasteiger charge is -2.20. The van der Waals surface area contributed by atoms with Gasteiger partial charge in [0, 0.05) is 5.56 Å². The third kappa shape index (κ3) is 3.60. The molecular formula is C16H23N3OS. The maximum atomic E-state index is 5.89. The van der Waals surface area contributed by atoms with E-state index in [9.17, 15) is 0 Å². The van der Waals surface area contributed by atoms with Gasteiger partial charge in [-0.05, 0) is 37.0 Å². The zero-order chi connectivity index (χ0) is 15.2. The minimum Gasteiger partial charge on any atom is -0.493 e. The van der Waals surface area contributed by atoms with Gasteiger partial charge in [-0.2, -0.15) is 0 Å². The Morgan fingerprint density at radius 3 is 2.71 bits per heavy atom. The lowest BCUT2D eigenvalue weighted by molar-refractivity contribution is 0.312. The first kappa shape index (κ1) is 15.9. The van der Waals surface area contributed by atoms with Crippen molar-refractivity contribution in [2.75, 3.05) is 13.7 Å². The highest BCUT2D eigenvalue weighted by Crippen LogP contribution is 2.34. The second kappa shape index (κ2) is 7.52. The van der Waals surface area contributed by atoms with E-state index >= 15 is 0 Å². The van der Waals surface area contributed by atoms with Gasteiger partial charge in [-0.15, -0.1) is 5.10 Å². The van der Waals surface area contributed by atoms with Crippen LogP contribution in [0.25, 0.3) is 0 Å². The van der Waals surface area contributed by atoms with Crippen LogP contribution in [0.1, 0.15) is 55.3 Å². The van der Waals surface area contributed by atoms with Crippen molar-refractivity contribution in [1.82, 2.24) is 14.9 Å². The van der Waals surface area contributed by atoms with Gasteiger partial charge >= 0.3 is 0 Å². The fraction of sp³-hybridized carbons (Fsp3) is 0.500. The van der Waals surface area contributed by atoms with E-state index in [4.69, 9.17) is 4.74 Å². The van der Waals surface area contributed by atoms with Crippen LogP contribution in [0.3, 0.4) is 0 Å². The summed E-state index contributed by atoms with van der Waals surface area (Å²) in [5.74, 6) is 1.29. The monoisotopic (exact) mass is 305 g/mol. The summed E-state index contributed by atoms with van der Waals surface area (Å²) in [5.41, 5.74) is 2.20. The Morgan fingerprint density at radius 2 is 2.05 bits per heavy atom. The molecule has 0 saturated carbocycles. The van der Waals surface area contributed by atoms with Gasteiger partial charge in [0.1, 0.15) is 5.75 Å². The van der Waals surface area contributed by atoms with E-state index in [1.807, 2.05) is 25.2 Å². The average Bonchev–Trinajstić information content (AvgIpc) is 2.96. The van der Waals surface area contributed by atoms with Crippen molar-refractivity contribution in [2.24, 2.45) is 0 Å². The lowest BCUT2D eigenvalue weighted by atomic mass is 9.99. The SMILES string of the molecule is CCCOc1ccccc1C(NC)c1snnc1C(C)C. The zero-order valence-electron chi connectivity index (χ0n) is 13.1. The van der Waals surface area contributed by atoms with Crippen molar-refractivity contribution in [3.63, 3.8) is 0 Å². The first-order valence-electron chi connectivity index (χ1n) is 7.40. The fourth-order valence-corrected chi connectivity index (χ4v) is 3.23. The Morgan fingerprint density at radius 1 is 1.29 bits per heavy atom. The van der Waals surface area contributed by atoms with Crippen molar-refractivity contribution in [1.29, 1.82) is 0 Å². The molecule has 2 aromatic rings. The number of nitrogens with zero attached hydrogens (tertiary/aromatic N) is 2. The average molecular weight is 305 g/mol. The largest absolute Gasteiger partial charge is 0.493 e. The van der Waals surface area contributed by atoms with E-state index in [1.54, 1.807) is 0 Å². The number of ether oxygens (including phenoxy) is 1. The first-order valence-corrected chi connectivity index (χ1v) is 8.17. The number of para-hydroxylation sites is 1. The second-order valence-electron chi connectivity index (χ2n) is 5.29. The quantitative estimate of drug-likeness (QED) is 0.846. The van der Waals surface area contributed by atoms with Crippen molar-refractivity contribution in [2.45, 2.75) is 39.2 Å². The molecule has 1 heterocycles. The van der Waals surface area contributed by atoms with Gasteiger partial charge in [0.05, 0.1) is 23.2 Å². The van der Waals surface area contributed by atoms with Crippen molar-refractivity contribution < 1.29 is 4.74 Å². The highest BCUT2D eigenvalue weighted by Gasteiger charge is 2.23. The highest BCUT2D eigenvalue weighted by molar-refractivity contribution is 7.05. The molecule has 114 valence electrons. The molecule has 1 aromatic carbocycles. The van der Waals surface area contributed by atoms with Crippen LogP contribution in [-0.2, 0) is 0 Å². The van der Waals surface area contributed by atoms with Crippen LogP contribution in [0.4, 0.5) is 0 Å². The van der Waals surface area contributed by atoms with E-state index in [-0.39, 0.29) is 6.04 Å². The van der Waals surface area contributed by atoms with Crippen LogP contribution in [-0.4, -0.2) is 23.2 Å². The lowest BCUT2D eigenvalue weighted by Crippen LogP contribution is -2.19. The van der Waals surface area contributed by atoms with E-state index in [0.29, 0.717) is 5.92 Å². The highest BCUT2D eigenvalue weighted by atomic mass is 32.1. The van der Waals surface area contributed by atoms with Crippen LogP contribution in [0.15, 0.2) is 24.3 Å². The van der Waals surface area contributed by atoms with Gasteiger partial charge in [-0.25, -0.2) is 0 Å². The maximum absolute atomic E-state index is 5.89. The molecule has 21 heavy (non-hydrogen) atoms. The summed E-state index contributed by atoms with van der Waals surface area (Å²) in [4.78, 5) is 1.17. The zero-order valence-corrected chi connectivity index (χ0v) is 13.9. The Kier molecular flexibility index (Phi) is 5.70. The summed E-state index contributed by atoms with van der Waals surface area (Å²) < 4.78 is 10.0. The molecule has 0 fully saturated rings. The Balaban J connectivity index is 2.39. The smallest absolute Gasteiger partial charge is 0.124 e. The fourth-order valence-electron chi connectivity index (χ4n) is 2.30. The summed E-state index contributed by atoms with van der Waals surface area (Å²) >= 11 is 1.46. The number of hydrogen-bond donors (Lipinski definition) is 1. The standard InChI is InChI=1S/C16H23N3OS/c1-5-10-20-13-9-7-6-8-12(13)15(17-4)16-14(11(2)3)18-19-21-16/h6-9,11,15,17H,5,10H2,1-4H3. The number of nitrogens with one attached hydrogen (secondary N) is 1. The van der Waals surface area contributed by atoms with Crippen molar-refractivity contribution in [3.05, 3.63) is 40.4 Å². The van der Waals surface area contributed by atoms with Gasteiger partial charge in [-0.3, -0.25) is 0 Å². The summed E-state index contributed by atoms with van der Waals surface area (Å²) in [6, 6.07) is 8.25. The number of aromatic nitrogens is 2. The Labute approximate surface area is 130 Å². The topological polar surface area (TPSA) is 47.0 Å². The predicted octanol–water partition coefficient (Wildman–Crippen LogP) is 3.76. The molecule has 1 unspecified atom stereocenters.